The minimum absolute atomic E-state index is 0.192. The highest BCUT2D eigenvalue weighted by atomic mass is 16.6. The van der Waals surface area contributed by atoms with E-state index in [1.165, 1.54) is 5.56 Å². The van der Waals surface area contributed by atoms with Crippen LogP contribution in [0.4, 0.5) is 11.6 Å². The minimum atomic E-state index is -0.601. The van der Waals surface area contributed by atoms with Crippen LogP contribution in [0.5, 0.6) is 5.75 Å². The summed E-state index contributed by atoms with van der Waals surface area (Å²) in [7, 11) is 0. The fraction of sp³-hybridized carbons (Fsp3) is 0.294. The molecule has 1 aromatic heterocycles. The third-order valence-electron chi connectivity index (χ3n) is 6.43. The first-order valence-electron chi connectivity index (χ1n) is 14.4. The second-order valence-corrected chi connectivity index (χ2v) is 11.0. The Labute approximate surface area is 253 Å². The van der Waals surface area contributed by atoms with E-state index in [0.29, 0.717) is 18.1 Å². The van der Waals surface area contributed by atoms with Gasteiger partial charge in [-0.1, -0.05) is 49.4 Å². The number of esters is 1. The van der Waals surface area contributed by atoms with Gasteiger partial charge in [-0.2, -0.15) is 0 Å². The molecule has 2 N–H and O–H groups in total. The average molecular weight is 582 g/mol. The van der Waals surface area contributed by atoms with Crippen molar-refractivity contribution in [1.29, 1.82) is 0 Å². The van der Waals surface area contributed by atoms with Gasteiger partial charge in [0.1, 0.15) is 24.5 Å². The van der Waals surface area contributed by atoms with Crippen LogP contribution in [-0.4, -0.2) is 58.6 Å². The van der Waals surface area contributed by atoms with Gasteiger partial charge in [-0.15, -0.1) is 0 Å². The summed E-state index contributed by atoms with van der Waals surface area (Å²) >= 11 is 0. The molecule has 0 aliphatic heterocycles. The molecule has 9 nitrogen and oxygen atoms in total. The number of benzene rings is 3. The van der Waals surface area contributed by atoms with Crippen LogP contribution in [0.15, 0.2) is 91.3 Å². The highest BCUT2D eigenvalue weighted by Crippen LogP contribution is 2.22. The normalized spacial score (nSPS) is 11.2. The van der Waals surface area contributed by atoms with E-state index in [9.17, 15) is 9.59 Å². The molecule has 0 spiro atoms. The van der Waals surface area contributed by atoms with Crippen LogP contribution >= 0.6 is 0 Å². The summed E-state index contributed by atoms with van der Waals surface area (Å²) in [6.45, 7) is 10.6. The summed E-state index contributed by atoms with van der Waals surface area (Å²) in [5, 5.41) is 5.79. The lowest BCUT2D eigenvalue weighted by atomic mass is 10.1. The zero-order valence-electron chi connectivity index (χ0n) is 25.2. The third kappa shape index (κ3) is 10.2. The van der Waals surface area contributed by atoms with Crippen molar-refractivity contribution in [3.63, 3.8) is 0 Å². The van der Waals surface area contributed by atoms with Gasteiger partial charge in [0, 0.05) is 42.3 Å². The molecule has 0 unspecified atom stereocenters. The Morgan fingerprint density at radius 3 is 2.16 bits per heavy atom. The Kier molecular flexibility index (Phi) is 10.8. The Balaban J connectivity index is 1.23. The van der Waals surface area contributed by atoms with Crippen molar-refractivity contribution in [1.82, 2.24) is 20.2 Å². The predicted molar refractivity (Wildman–Crippen MR) is 168 cm³/mol. The molecule has 0 saturated heterocycles. The number of hydrogen-bond acceptors (Lipinski definition) is 8. The number of carbonyl (C=O) groups is 2. The molecule has 0 atom stereocenters. The van der Waals surface area contributed by atoms with Gasteiger partial charge < -0.3 is 20.1 Å². The number of aromatic nitrogens is 2. The van der Waals surface area contributed by atoms with Gasteiger partial charge in [0.2, 0.25) is 5.95 Å². The Morgan fingerprint density at radius 1 is 0.860 bits per heavy atom. The number of anilines is 2. The van der Waals surface area contributed by atoms with E-state index in [-0.39, 0.29) is 12.5 Å². The van der Waals surface area contributed by atoms with E-state index in [1.807, 2.05) is 42.5 Å². The lowest BCUT2D eigenvalue weighted by molar-refractivity contribution is -0.153. The van der Waals surface area contributed by atoms with E-state index < -0.39 is 11.6 Å². The molecule has 0 aliphatic carbocycles. The first-order valence-corrected chi connectivity index (χ1v) is 14.4. The molecule has 0 aliphatic rings. The zero-order valence-corrected chi connectivity index (χ0v) is 25.2. The molecule has 9 heteroatoms. The highest BCUT2D eigenvalue weighted by Gasteiger charge is 2.17. The van der Waals surface area contributed by atoms with Crippen LogP contribution in [-0.2, 0) is 16.1 Å². The second-order valence-electron chi connectivity index (χ2n) is 11.0. The molecular weight excluding hydrogens is 542 g/mol. The second kappa shape index (κ2) is 14.9. The molecule has 43 heavy (non-hydrogen) atoms. The Morgan fingerprint density at radius 2 is 1.53 bits per heavy atom. The number of nitrogens with one attached hydrogen (secondary N) is 2. The van der Waals surface area contributed by atoms with Crippen molar-refractivity contribution in [3.05, 3.63) is 102 Å². The van der Waals surface area contributed by atoms with E-state index in [0.717, 1.165) is 42.2 Å². The standard InChI is InChI=1S/C34H39N5O4/c1-5-39(24-25-9-7-6-8-10-25)19-20-42-30-17-15-29(16-18-30)38-33-36-21-28(22-37-33)26-11-13-27(14-12-26)32(41)35-23-31(40)43-34(2,3)4/h6-18,21-22H,5,19-20,23-24H2,1-4H3,(H,35,41)(H,36,37,38). The molecule has 1 heterocycles. The van der Waals surface area contributed by atoms with Gasteiger partial charge in [0.25, 0.3) is 5.91 Å². The molecule has 0 saturated carbocycles. The summed E-state index contributed by atoms with van der Waals surface area (Å²) in [5.41, 5.74) is 3.65. The molecule has 0 fully saturated rings. The maximum atomic E-state index is 12.4. The van der Waals surface area contributed by atoms with E-state index in [2.05, 4.69) is 56.7 Å². The number of rotatable bonds is 13. The fourth-order valence-electron chi connectivity index (χ4n) is 4.23. The number of amides is 1. The lowest BCUT2D eigenvalue weighted by Gasteiger charge is -2.20. The summed E-state index contributed by atoms with van der Waals surface area (Å²) in [5.74, 6) is 0.437. The molecule has 0 bridgehead atoms. The number of hydrogen-bond donors (Lipinski definition) is 2. The smallest absolute Gasteiger partial charge is 0.325 e. The van der Waals surface area contributed by atoms with Crippen LogP contribution in [0.2, 0.25) is 0 Å². The molecule has 3 aromatic carbocycles. The lowest BCUT2D eigenvalue weighted by Crippen LogP contribution is -2.34. The minimum Gasteiger partial charge on any atom is -0.492 e. The maximum Gasteiger partial charge on any atom is 0.325 e. The Bertz CT molecular complexity index is 1450. The molecule has 4 aromatic rings. The molecular formula is C34H39N5O4. The highest BCUT2D eigenvalue weighted by molar-refractivity contribution is 5.96. The summed E-state index contributed by atoms with van der Waals surface area (Å²) in [6, 6.07) is 25.2. The quantitative estimate of drug-likeness (QED) is 0.189. The third-order valence-corrected chi connectivity index (χ3v) is 6.43. The van der Waals surface area contributed by atoms with Gasteiger partial charge in [-0.05, 0) is 74.8 Å². The average Bonchev–Trinajstić information content (AvgIpc) is 3.00. The van der Waals surface area contributed by atoms with Crippen LogP contribution < -0.4 is 15.4 Å². The topological polar surface area (TPSA) is 106 Å². The van der Waals surface area contributed by atoms with Gasteiger partial charge in [-0.3, -0.25) is 14.5 Å². The van der Waals surface area contributed by atoms with Crippen LogP contribution in [0.25, 0.3) is 11.1 Å². The van der Waals surface area contributed by atoms with E-state index in [4.69, 9.17) is 9.47 Å². The molecule has 4 rings (SSSR count). The largest absolute Gasteiger partial charge is 0.492 e. The molecule has 1 amide bonds. The van der Waals surface area contributed by atoms with E-state index >= 15 is 0 Å². The number of likely N-dealkylation sites (N-methyl/N-ethyl adjacent to an activating group) is 1. The van der Waals surface area contributed by atoms with Gasteiger partial charge in [0.05, 0.1) is 0 Å². The first kappa shape index (κ1) is 31.2. The molecule has 0 radical (unpaired) electrons. The van der Waals surface area contributed by atoms with E-state index in [1.54, 1.807) is 45.3 Å². The van der Waals surface area contributed by atoms with Crippen molar-refractivity contribution in [2.45, 2.75) is 39.8 Å². The first-order chi connectivity index (χ1) is 20.7. The zero-order chi connectivity index (χ0) is 30.7. The van der Waals surface area contributed by atoms with Gasteiger partial charge >= 0.3 is 5.97 Å². The fourth-order valence-corrected chi connectivity index (χ4v) is 4.23. The van der Waals surface area contributed by atoms with Crippen molar-refractivity contribution < 1.29 is 19.1 Å². The number of carbonyl (C=O) groups excluding carboxylic acids is 2. The van der Waals surface area contributed by atoms with Crippen molar-refractivity contribution in [2.75, 3.05) is 31.6 Å². The SMILES string of the molecule is CCN(CCOc1ccc(Nc2ncc(-c3ccc(C(=O)NCC(=O)OC(C)(C)C)cc3)cn2)cc1)Cc1ccccc1. The maximum absolute atomic E-state index is 12.4. The Hall–Kier alpha value is -4.76. The van der Waals surface area contributed by atoms with Crippen molar-refractivity contribution >= 4 is 23.5 Å². The number of ether oxygens (including phenoxy) is 2. The predicted octanol–water partition coefficient (Wildman–Crippen LogP) is 5.86. The van der Waals surface area contributed by atoms with Crippen molar-refractivity contribution in [3.8, 4) is 16.9 Å². The van der Waals surface area contributed by atoms with Crippen LogP contribution in [0.3, 0.4) is 0 Å². The monoisotopic (exact) mass is 581 g/mol. The summed E-state index contributed by atoms with van der Waals surface area (Å²) < 4.78 is 11.2. The van der Waals surface area contributed by atoms with Gasteiger partial charge in [0.15, 0.2) is 0 Å². The van der Waals surface area contributed by atoms with Crippen LogP contribution in [0, 0.1) is 0 Å². The van der Waals surface area contributed by atoms with Crippen LogP contribution in [0.1, 0.15) is 43.6 Å². The van der Waals surface area contributed by atoms with Gasteiger partial charge in [-0.25, -0.2) is 9.97 Å². The molecule has 224 valence electrons. The number of nitrogens with zero attached hydrogens (tertiary/aromatic N) is 3. The van der Waals surface area contributed by atoms with Crippen molar-refractivity contribution in [2.24, 2.45) is 0 Å². The summed E-state index contributed by atoms with van der Waals surface area (Å²) in [4.78, 5) is 35.5. The summed E-state index contributed by atoms with van der Waals surface area (Å²) in [6.07, 6.45) is 3.44.